The van der Waals surface area contributed by atoms with E-state index in [1.165, 1.54) is 17.8 Å². The molecule has 1 nitrogen and oxygen atoms in total. The van der Waals surface area contributed by atoms with E-state index in [-0.39, 0.29) is 5.78 Å². The second-order valence-electron chi connectivity index (χ2n) is 3.87. The van der Waals surface area contributed by atoms with Gasteiger partial charge in [0.05, 0.1) is 5.02 Å². The molecule has 0 saturated heterocycles. The molecule has 0 atom stereocenters. The van der Waals surface area contributed by atoms with Crippen LogP contribution in [0.25, 0.3) is 0 Å². The SMILES string of the molecule is O=C(C=CSc1ccc(Cl)cc1Cl)c1ccc(Br)cc1. The van der Waals surface area contributed by atoms with Gasteiger partial charge in [-0.2, -0.15) is 0 Å². The van der Waals surface area contributed by atoms with Crippen molar-refractivity contribution in [2.75, 3.05) is 0 Å². The van der Waals surface area contributed by atoms with Gasteiger partial charge in [0, 0.05) is 20.0 Å². The Morgan fingerprint density at radius 3 is 2.45 bits per heavy atom. The molecule has 0 spiro atoms. The third-order valence-corrected chi connectivity index (χ3v) is 4.51. The molecular formula is C15H9BrCl2OS. The summed E-state index contributed by atoms with van der Waals surface area (Å²) in [6.07, 6.45) is 1.53. The fraction of sp³-hybridized carbons (Fsp3) is 0. The molecule has 102 valence electrons. The van der Waals surface area contributed by atoms with Crippen molar-refractivity contribution in [2.45, 2.75) is 4.90 Å². The van der Waals surface area contributed by atoms with Crippen LogP contribution in [0.5, 0.6) is 0 Å². The van der Waals surface area contributed by atoms with Gasteiger partial charge in [0.2, 0.25) is 0 Å². The van der Waals surface area contributed by atoms with E-state index >= 15 is 0 Å². The largest absolute Gasteiger partial charge is 0.289 e. The Balaban J connectivity index is 2.02. The number of ketones is 1. The Morgan fingerprint density at radius 1 is 1.10 bits per heavy atom. The molecule has 0 amide bonds. The Bertz CT molecular complexity index is 653. The summed E-state index contributed by atoms with van der Waals surface area (Å²) in [6, 6.07) is 12.5. The second-order valence-corrected chi connectivity index (χ2v) is 6.57. The highest BCUT2D eigenvalue weighted by molar-refractivity contribution is 9.10. The van der Waals surface area contributed by atoms with Crippen LogP contribution >= 0.6 is 50.9 Å². The number of rotatable bonds is 4. The molecule has 2 rings (SSSR count). The molecule has 0 aliphatic heterocycles. The van der Waals surface area contributed by atoms with Crippen LogP contribution in [0.15, 0.2) is 63.3 Å². The summed E-state index contributed by atoms with van der Waals surface area (Å²) in [6.45, 7) is 0. The van der Waals surface area contributed by atoms with Gasteiger partial charge in [-0.1, -0.05) is 50.9 Å². The molecule has 0 heterocycles. The quantitative estimate of drug-likeness (QED) is 0.350. The van der Waals surface area contributed by atoms with Crippen molar-refractivity contribution < 1.29 is 4.79 Å². The van der Waals surface area contributed by atoms with Crippen LogP contribution in [-0.4, -0.2) is 5.78 Å². The van der Waals surface area contributed by atoms with Crippen molar-refractivity contribution in [3.8, 4) is 0 Å². The molecule has 5 heteroatoms. The maximum absolute atomic E-state index is 11.9. The summed E-state index contributed by atoms with van der Waals surface area (Å²) < 4.78 is 0.945. The molecule has 0 saturated carbocycles. The molecule has 20 heavy (non-hydrogen) atoms. The molecule has 0 aromatic heterocycles. The highest BCUT2D eigenvalue weighted by Crippen LogP contribution is 2.30. The summed E-state index contributed by atoms with van der Waals surface area (Å²) in [5.41, 5.74) is 0.646. The van der Waals surface area contributed by atoms with E-state index in [1.54, 1.807) is 29.7 Å². The average molecular weight is 388 g/mol. The van der Waals surface area contributed by atoms with Crippen LogP contribution in [0, 0.1) is 0 Å². The van der Waals surface area contributed by atoms with Crippen LogP contribution in [0.4, 0.5) is 0 Å². The third kappa shape index (κ3) is 4.38. The Hall–Kier alpha value is -0.740. The lowest BCUT2D eigenvalue weighted by atomic mass is 10.1. The van der Waals surface area contributed by atoms with Crippen LogP contribution < -0.4 is 0 Å². The van der Waals surface area contributed by atoms with E-state index in [2.05, 4.69) is 15.9 Å². The van der Waals surface area contributed by atoms with Gasteiger partial charge in [-0.25, -0.2) is 0 Å². The summed E-state index contributed by atoms with van der Waals surface area (Å²) in [7, 11) is 0. The van der Waals surface area contributed by atoms with E-state index in [1.807, 2.05) is 18.2 Å². The fourth-order valence-corrected chi connectivity index (χ4v) is 2.91. The molecule has 0 unspecified atom stereocenters. The smallest absolute Gasteiger partial charge is 0.186 e. The fourth-order valence-electron chi connectivity index (χ4n) is 1.45. The van der Waals surface area contributed by atoms with E-state index in [4.69, 9.17) is 23.2 Å². The zero-order valence-electron chi connectivity index (χ0n) is 10.1. The topological polar surface area (TPSA) is 17.1 Å². The predicted octanol–water partition coefficient (Wildman–Crippen LogP) is 6.24. The average Bonchev–Trinajstić information content (AvgIpc) is 2.42. The Morgan fingerprint density at radius 2 is 1.80 bits per heavy atom. The third-order valence-electron chi connectivity index (χ3n) is 2.44. The molecule has 0 bridgehead atoms. The molecule has 0 fully saturated rings. The highest BCUT2D eigenvalue weighted by atomic mass is 79.9. The van der Waals surface area contributed by atoms with E-state index in [9.17, 15) is 4.79 Å². The van der Waals surface area contributed by atoms with Crippen molar-refractivity contribution in [3.63, 3.8) is 0 Å². The minimum atomic E-state index is -0.0462. The zero-order valence-corrected chi connectivity index (χ0v) is 14.1. The van der Waals surface area contributed by atoms with E-state index < -0.39 is 0 Å². The number of benzene rings is 2. The van der Waals surface area contributed by atoms with Gasteiger partial charge in [0.15, 0.2) is 5.78 Å². The van der Waals surface area contributed by atoms with Crippen LogP contribution in [-0.2, 0) is 0 Å². The standard InChI is InChI=1S/C15H9BrCl2OS/c16-11-3-1-10(2-4-11)14(19)7-8-20-15-6-5-12(17)9-13(15)18/h1-9H. The van der Waals surface area contributed by atoms with Crippen molar-refractivity contribution in [2.24, 2.45) is 0 Å². The number of carbonyl (C=O) groups is 1. The first-order chi connectivity index (χ1) is 9.56. The minimum absolute atomic E-state index is 0.0462. The molecule has 0 aliphatic carbocycles. The van der Waals surface area contributed by atoms with Crippen molar-refractivity contribution in [1.82, 2.24) is 0 Å². The summed E-state index contributed by atoms with van der Waals surface area (Å²) in [5, 5.41) is 2.89. The first kappa shape index (κ1) is 15.6. The van der Waals surface area contributed by atoms with Crippen LogP contribution in [0.2, 0.25) is 10.0 Å². The van der Waals surface area contributed by atoms with Crippen LogP contribution in [0.3, 0.4) is 0 Å². The minimum Gasteiger partial charge on any atom is -0.289 e. The molecule has 0 N–H and O–H groups in total. The van der Waals surface area contributed by atoms with Gasteiger partial charge < -0.3 is 0 Å². The number of hydrogen-bond acceptors (Lipinski definition) is 2. The Labute approximate surface area is 140 Å². The second kappa shape index (κ2) is 7.32. The normalized spacial score (nSPS) is 10.9. The summed E-state index contributed by atoms with van der Waals surface area (Å²) in [5.74, 6) is -0.0462. The van der Waals surface area contributed by atoms with Crippen molar-refractivity contribution in [1.29, 1.82) is 0 Å². The van der Waals surface area contributed by atoms with Crippen LogP contribution in [0.1, 0.15) is 10.4 Å². The maximum atomic E-state index is 11.9. The molecule has 0 radical (unpaired) electrons. The number of allylic oxidation sites excluding steroid dienone is 1. The summed E-state index contributed by atoms with van der Waals surface area (Å²) in [4.78, 5) is 12.8. The lowest BCUT2D eigenvalue weighted by Gasteiger charge is -2.00. The zero-order chi connectivity index (χ0) is 14.5. The van der Waals surface area contributed by atoms with E-state index in [0.717, 1.165) is 9.37 Å². The van der Waals surface area contributed by atoms with Gasteiger partial charge in [-0.05, 0) is 53.9 Å². The lowest BCUT2D eigenvalue weighted by Crippen LogP contribution is -1.92. The number of halogens is 3. The van der Waals surface area contributed by atoms with Gasteiger partial charge in [0.25, 0.3) is 0 Å². The molecular weight excluding hydrogens is 379 g/mol. The number of hydrogen-bond donors (Lipinski definition) is 0. The molecule has 2 aromatic rings. The number of carbonyl (C=O) groups excluding carboxylic acids is 1. The number of thioether (sulfide) groups is 1. The highest BCUT2D eigenvalue weighted by Gasteiger charge is 2.02. The van der Waals surface area contributed by atoms with Gasteiger partial charge in [-0.3, -0.25) is 4.79 Å². The first-order valence-corrected chi connectivity index (χ1v) is 8.07. The van der Waals surface area contributed by atoms with Crippen molar-refractivity contribution in [3.05, 3.63) is 74.0 Å². The van der Waals surface area contributed by atoms with Gasteiger partial charge in [-0.15, -0.1) is 0 Å². The summed E-state index contributed by atoms with van der Waals surface area (Å²) >= 11 is 16.6. The lowest BCUT2D eigenvalue weighted by molar-refractivity contribution is 0.104. The maximum Gasteiger partial charge on any atom is 0.186 e. The Kier molecular flexibility index (Phi) is 5.73. The predicted molar refractivity (Wildman–Crippen MR) is 89.9 cm³/mol. The van der Waals surface area contributed by atoms with E-state index in [0.29, 0.717) is 15.6 Å². The van der Waals surface area contributed by atoms with Crippen molar-refractivity contribution >= 4 is 56.7 Å². The molecule has 2 aromatic carbocycles. The molecule has 0 aliphatic rings. The van der Waals surface area contributed by atoms with Gasteiger partial charge >= 0.3 is 0 Å². The first-order valence-electron chi connectivity index (χ1n) is 5.64. The van der Waals surface area contributed by atoms with Gasteiger partial charge in [0.1, 0.15) is 0 Å². The monoisotopic (exact) mass is 386 g/mol.